The quantitative estimate of drug-likeness (QED) is 0.174. The maximum Gasteiger partial charge on any atom is 0.408 e. The molecule has 0 unspecified atom stereocenters. The first-order valence-electron chi connectivity index (χ1n) is 11.5. The number of esters is 1. The van der Waals surface area contributed by atoms with E-state index >= 15 is 0 Å². The highest BCUT2D eigenvalue weighted by Crippen LogP contribution is 2.12. The van der Waals surface area contributed by atoms with E-state index < -0.39 is 23.7 Å². The van der Waals surface area contributed by atoms with Crippen LogP contribution in [-0.4, -0.2) is 30.8 Å². The number of ether oxygens (including phenoxy) is 2. The molecule has 0 aromatic carbocycles. The number of rotatable bonds is 16. The van der Waals surface area contributed by atoms with Crippen LogP contribution < -0.4 is 5.32 Å². The third-order valence-electron chi connectivity index (χ3n) is 4.68. The number of amides is 1. The number of unbranched alkanes of at least 4 members (excludes halogenated alkanes) is 10. The Morgan fingerprint density at radius 1 is 0.862 bits per heavy atom. The highest BCUT2D eigenvalue weighted by atomic mass is 16.6. The van der Waals surface area contributed by atoms with E-state index in [0.29, 0.717) is 6.42 Å². The van der Waals surface area contributed by atoms with Gasteiger partial charge in [0.05, 0.1) is 7.11 Å². The molecule has 1 amide bonds. The van der Waals surface area contributed by atoms with Gasteiger partial charge in [-0.05, 0) is 52.9 Å². The van der Waals surface area contributed by atoms with Crippen molar-refractivity contribution in [3.63, 3.8) is 0 Å². The third-order valence-corrected chi connectivity index (χ3v) is 4.68. The maximum atomic E-state index is 11.9. The summed E-state index contributed by atoms with van der Waals surface area (Å²) < 4.78 is 10.0. The number of nitrogens with one attached hydrogen (secondary N) is 1. The van der Waals surface area contributed by atoms with Crippen molar-refractivity contribution in [3.05, 3.63) is 12.2 Å². The second-order valence-corrected chi connectivity index (χ2v) is 8.74. The van der Waals surface area contributed by atoms with Gasteiger partial charge in [0, 0.05) is 0 Å². The number of carbonyl (C=O) groups is 2. The number of hydrogen-bond donors (Lipinski definition) is 1. The van der Waals surface area contributed by atoms with E-state index in [0.717, 1.165) is 32.1 Å². The minimum Gasteiger partial charge on any atom is -0.467 e. The average molecular weight is 412 g/mol. The van der Waals surface area contributed by atoms with Crippen molar-refractivity contribution in [1.82, 2.24) is 5.32 Å². The molecular weight excluding hydrogens is 366 g/mol. The number of hydrogen-bond acceptors (Lipinski definition) is 4. The molecule has 5 heteroatoms. The van der Waals surface area contributed by atoms with Crippen LogP contribution >= 0.6 is 0 Å². The van der Waals surface area contributed by atoms with Crippen LogP contribution in [0.5, 0.6) is 0 Å². The smallest absolute Gasteiger partial charge is 0.408 e. The summed E-state index contributed by atoms with van der Waals surface area (Å²) in [5.74, 6) is -0.423. The van der Waals surface area contributed by atoms with Gasteiger partial charge in [-0.3, -0.25) is 0 Å². The van der Waals surface area contributed by atoms with Gasteiger partial charge < -0.3 is 14.8 Å². The first-order valence-corrected chi connectivity index (χ1v) is 11.5. The topological polar surface area (TPSA) is 64.6 Å². The number of carbonyl (C=O) groups excluding carboxylic acids is 2. The Kier molecular flexibility index (Phi) is 16.4. The Labute approximate surface area is 179 Å². The van der Waals surface area contributed by atoms with Crippen molar-refractivity contribution in [2.75, 3.05) is 7.11 Å². The summed E-state index contributed by atoms with van der Waals surface area (Å²) in [4.78, 5) is 23.8. The predicted molar refractivity (Wildman–Crippen MR) is 120 cm³/mol. The molecule has 1 N–H and O–H groups in total. The normalized spacial score (nSPS) is 12.7. The van der Waals surface area contributed by atoms with E-state index in [4.69, 9.17) is 9.47 Å². The van der Waals surface area contributed by atoms with E-state index in [1.54, 1.807) is 20.8 Å². The molecule has 5 nitrogen and oxygen atoms in total. The van der Waals surface area contributed by atoms with Gasteiger partial charge in [0.2, 0.25) is 0 Å². The van der Waals surface area contributed by atoms with Crippen LogP contribution in [0.4, 0.5) is 4.79 Å². The molecule has 170 valence electrons. The lowest BCUT2D eigenvalue weighted by molar-refractivity contribution is -0.143. The minimum atomic E-state index is -0.646. The SMILES string of the molecule is CCCCCCCC/C=C\CCCCCC[C@H](NC(=O)OC(C)(C)C)C(=O)OC. The Hall–Kier alpha value is -1.52. The van der Waals surface area contributed by atoms with Gasteiger partial charge >= 0.3 is 12.1 Å². The molecule has 0 aromatic heterocycles. The fourth-order valence-corrected chi connectivity index (χ4v) is 3.08. The molecule has 0 aliphatic rings. The van der Waals surface area contributed by atoms with Crippen LogP contribution in [0, 0.1) is 0 Å². The lowest BCUT2D eigenvalue weighted by Gasteiger charge is -2.22. The van der Waals surface area contributed by atoms with E-state index in [1.807, 2.05) is 0 Å². The molecule has 0 aliphatic carbocycles. The second kappa shape index (κ2) is 17.3. The zero-order valence-electron chi connectivity index (χ0n) is 19.6. The summed E-state index contributed by atoms with van der Waals surface area (Å²) in [6.45, 7) is 7.63. The largest absolute Gasteiger partial charge is 0.467 e. The molecule has 0 bridgehead atoms. The summed E-state index contributed by atoms with van der Waals surface area (Å²) in [5.41, 5.74) is -0.590. The van der Waals surface area contributed by atoms with Crippen LogP contribution in [0.15, 0.2) is 12.2 Å². The molecule has 0 rings (SSSR count). The zero-order chi connectivity index (χ0) is 22.0. The first kappa shape index (κ1) is 27.5. The van der Waals surface area contributed by atoms with Crippen LogP contribution in [0.3, 0.4) is 0 Å². The fraction of sp³-hybridized carbons (Fsp3) is 0.833. The van der Waals surface area contributed by atoms with Crippen molar-refractivity contribution < 1.29 is 19.1 Å². The van der Waals surface area contributed by atoms with Crippen LogP contribution in [0.1, 0.15) is 111 Å². The van der Waals surface area contributed by atoms with Gasteiger partial charge in [-0.2, -0.15) is 0 Å². The molecule has 0 radical (unpaired) electrons. The van der Waals surface area contributed by atoms with Crippen molar-refractivity contribution in [1.29, 1.82) is 0 Å². The average Bonchev–Trinajstić information content (AvgIpc) is 2.65. The molecular formula is C24H45NO4. The Bertz CT molecular complexity index is 454. The molecule has 0 saturated carbocycles. The predicted octanol–water partition coefficient (Wildman–Crippen LogP) is 6.70. The summed E-state index contributed by atoms with van der Waals surface area (Å²) in [6, 6.07) is -0.646. The van der Waals surface area contributed by atoms with Gasteiger partial charge in [-0.1, -0.05) is 70.4 Å². The van der Waals surface area contributed by atoms with Gasteiger partial charge in [-0.15, -0.1) is 0 Å². The van der Waals surface area contributed by atoms with Gasteiger partial charge in [0.25, 0.3) is 0 Å². The van der Waals surface area contributed by atoms with Crippen molar-refractivity contribution in [2.24, 2.45) is 0 Å². The standard InChI is InChI=1S/C24H45NO4/c1-6-7-8-9-10-11-12-13-14-15-16-17-18-19-20-21(22(26)28-5)25-23(27)29-24(2,3)4/h13-14,21H,6-12,15-20H2,1-5H3,(H,25,27)/b14-13-/t21-/m0/s1. The Balaban J connectivity index is 3.81. The van der Waals surface area contributed by atoms with Crippen molar-refractivity contribution >= 4 is 12.1 Å². The summed E-state index contributed by atoms with van der Waals surface area (Å²) in [6.07, 6.45) is 19.2. The van der Waals surface area contributed by atoms with Gasteiger partial charge in [0.15, 0.2) is 0 Å². The van der Waals surface area contributed by atoms with Crippen molar-refractivity contribution in [3.8, 4) is 0 Å². The van der Waals surface area contributed by atoms with Gasteiger partial charge in [-0.25, -0.2) is 9.59 Å². The van der Waals surface area contributed by atoms with E-state index in [1.165, 1.54) is 52.1 Å². The molecule has 0 spiro atoms. The van der Waals surface area contributed by atoms with E-state index in [-0.39, 0.29) is 0 Å². The van der Waals surface area contributed by atoms with Crippen molar-refractivity contribution in [2.45, 2.75) is 123 Å². The lowest BCUT2D eigenvalue weighted by atomic mass is 10.1. The number of alkyl carbamates (subject to hydrolysis) is 1. The van der Waals surface area contributed by atoms with Crippen LogP contribution in [0.25, 0.3) is 0 Å². The monoisotopic (exact) mass is 411 g/mol. The molecule has 0 heterocycles. The minimum absolute atomic E-state index is 0.423. The van der Waals surface area contributed by atoms with Gasteiger partial charge in [0.1, 0.15) is 11.6 Å². The molecule has 0 saturated heterocycles. The zero-order valence-corrected chi connectivity index (χ0v) is 19.6. The fourth-order valence-electron chi connectivity index (χ4n) is 3.08. The van der Waals surface area contributed by atoms with Crippen LogP contribution in [-0.2, 0) is 14.3 Å². The highest BCUT2D eigenvalue weighted by Gasteiger charge is 2.24. The number of methoxy groups -OCH3 is 1. The molecule has 29 heavy (non-hydrogen) atoms. The second-order valence-electron chi connectivity index (χ2n) is 8.74. The first-order chi connectivity index (χ1) is 13.8. The summed E-state index contributed by atoms with van der Waals surface area (Å²) in [7, 11) is 1.34. The molecule has 0 fully saturated rings. The molecule has 0 aromatic rings. The number of allylic oxidation sites excluding steroid dienone is 2. The van der Waals surface area contributed by atoms with E-state index in [9.17, 15) is 9.59 Å². The lowest BCUT2D eigenvalue weighted by Crippen LogP contribution is -2.44. The third kappa shape index (κ3) is 18.3. The summed E-state index contributed by atoms with van der Waals surface area (Å²) in [5, 5.41) is 2.62. The molecule has 1 atom stereocenters. The Morgan fingerprint density at radius 2 is 1.38 bits per heavy atom. The van der Waals surface area contributed by atoms with Crippen LogP contribution in [0.2, 0.25) is 0 Å². The van der Waals surface area contributed by atoms with E-state index in [2.05, 4.69) is 24.4 Å². The maximum absolute atomic E-state index is 11.9. The Morgan fingerprint density at radius 3 is 1.90 bits per heavy atom. The molecule has 0 aliphatic heterocycles. The summed E-state index contributed by atoms with van der Waals surface area (Å²) >= 11 is 0. The highest BCUT2D eigenvalue weighted by molar-refractivity contribution is 5.81.